The van der Waals surface area contributed by atoms with Gasteiger partial charge in [-0.05, 0) is 59.1 Å². The second-order valence-corrected chi connectivity index (χ2v) is 10.4. The number of phenols is 1. The van der Waals surface area contributed by atoms with Gasteiger partial charge < -0.3 is 10.0 Å². The van der Waals surface area contributed by atoms with E-state index in [0.717, 1.165) is 24.9 Å². The lowest BCUT2D eigenvalue weighted by atomic mass is 9.81. The molecule has 0 aromatic heterocycles. The van der Waals surface area contributed by atoms with Crippen molar-refractivity contribution in [3.05, 3.63) is 46.7 Å². The van der Waals surface area contributed by atoms with Crippen LogP contribution in [0.15, 0.2) is 45.8 Å². The minimum atomic E-state index is -3.61. The van der Waals surface area contributed by atoms with Crippen LogP contribution >= 0.6 is 15.9 Å². The van der Waals surface area contributed by atoms with Gasteiger partial charge in [-0.3, -0.25) is 0 Å². The molecule has 0 spiro atoms. The number of unbranched alkanes of at least 4 members (excludes halogenated alkanes) is 1. The van der Waals surface area contributed by atoms with Crippen LogP contribution in [0.1, 0.15) is 39.5 Å². The lowest BCUT2D eigenvalue weighted by Gasteiger charge is -2.36. The molecule has 0 saturated heterocycles. The third kappa shape index (κ3) is 4.06. The van der Waals surface area contributed by atoms with Gasteiger partial charge >= 0.3 is 0 Å². The van der Waals surface area contributed by atoms with Gasteiger partial charge in [0.1, 0.15) is 11.6 Å². The lowest BCUT2D eigenvalue weighted by molar-refractivity contribution is 0.290. The molecule has 0 amide bonds. The quantitative estimate of drug-likeness (QED) is 0.600. The monoisotopic (exact) mass is 469 g/mol. The summed E-state index contributed by atoms with van der Waals surface area (Å²) in [6.45, 7) is 4.63. The molecule has 0 bridgehead atoms. The van der Waals surface area contributed by atoms with Crippen LogP contribution in [-0.2, 0) is 9.84 Å². The lowest BCUT2D eigenvalue weighted by Crippen LogP contribution is -2.37. The van der Waals surface area contributed by atoms with E-state index in [4.69, 9.17) is 0 Å². The third-order valence-electron chi connectivity index (χ3n) is 5.59. The first-order valence-electron chi connectivity index (χ1n) is 9.50. The van der Waals surface area contributed by atoms with Crippen molar-refractivity contribution in [2.45, 2.75) is 44.4 Å². The summed E-state index contributed by atoms with van der Waals surface area (Å²) < 4.78 is 40.5. The largest absolute Gasteiger partial charge is 0.507 e. The standard InChI is InChI=1S/C21H25BrFNO3S/c1-3-5-10-21(4-2)13-24(16-8-6-15(23)7-9-16)18-11-17(22)19(25)12-20(18)28(26,27)14-21/h6-9,11-12,25H,3-5,10,13-14H2,1-2H3. The van der Waals surface area contributed by atoms with Crippen molar-refractivity contribution in [3.63, 3.8) is 0 Å². The number of benzene rings is 2. The van der Waals surface area contributed by atoms with Crippen LogP contribution in [0.5, 0.6) is 5.75 Å². The van der Waals surface area contributed by atoms with Gasteiger partial charge in [-0.25, -0.2) is 12.8 Å². The van der Waals surface area contributed by atoms with E-state index in [2.05, 4.69) is 22.9 Å². The minimum Gasteiger partial charge on any atom is -0.507 e. The fraction of sp³-hybridized carbons (Fsp3) is 0.429. The van der Waals surface area contributed by atoms with Gasteiger partial charge in [-0.2, -0.15) is 0 Å². The molecule has 0 radical (unpaired) electrons. The molecule has 1 N–H and O–H groups in total. The summed E-state index contributed by atoms with van der Waals surface area (Å²) in [5.74, 6) is -0.424. The maximum atomic E-state index is 13.5. The van der Waals surface area contributed by atoms with Gasteiger partial charge in [0.05, 0.1) is 20.8 Å². The Hall–Kier alpha value is -1.60. The maximum Gasteiger partial charge on any atom is 0.181 e. The van der Waals surface area contributed by atoms with Crippen molar-refractivity contribution in [3.8, 4) is 5.75 Å². The van der Waals surface area contributed by atoms with Crippen molar-refractivity contribution in [1.29, 1.82) is 0 Å². The van der Waals surface area contributed by atoms with E-state index in [0.29, 0.717) is 23.1 Å². The Labute approximate surface area is 174 Å². The molecule has 2 aromatic rings. The van der Waals surface area contributed by atoms with E-state index >= 15 is 0 Å². The summed E-state index contributed by atoms with van der Waals surface area (Å²) in [5.41, 5.74) is 0.805. The van der Waals surface area contributed by atoms with E-state index in [9.17, 15) is 17.9 Å². The van der Waals surface area contributed by atoms with Crippen molar-refractivity contribution < 1.29 is 17.9 Å². The van der Waals surface area contributed by atoms with Crippen LogP contribution in [0, 0.1) is 11.2 Å². The van der Waals surface area contributed by atoms with Crippen molar-refractivity contribution >= 4 is 37.1 Å². The molecule has 1 heterocycles. The first-order valence-corrected chi connectivity index (χ1v) is 11.9. The summed E-state index contributed by atoms with van der Waals surface area (Å²) in [6, 6.07) is 9.04. The number of halogens is 2. The Balaban J connectivity index is 2.24. The average Bonchev–Trinajstić information content (AvgIpc) is 2.75. The number of nitrogens with zero attached hydrogens (tertiary/aromatic N) is 1. The van der Waals surface area contributed by atoms with Crippen LogP contribution in [0.4, 0.5) is 15.8 Å². The van der Waals surface area contributed by atoms with Crippen molar-refractivity contribution in [1.82, 2.24) is 0 Å². The Bertz CT molecular complexity index is 962. The van der Waals surface area contributed by atoms with Gasteiger partial charge in [0.2, 0.25) is 0 Å². The molecule has 7 heteroatoms. The Morgan fingerprint density at radius 3 is 2.50 bits per heavy atom. The zero-order valence-corrected chi connectivity index (χ0v) is 18.5. The highest BCUT2D eigenvalue weighted by Crippen LogP contribution is 2.46. The summed E-state index contributed by atoms with van der Waals surface area (Å²) in [7, 11) is -3.61. The van der Waals surface area contributed by atoms with Crippen LogP contribution in [0.25, 0.3) is 0 Å². The molecule has 2 aromatic carbocycles. The Morgan fingerprint density at radius 1 is 1.21 bits per heavy atom. The van der Waals surface area contributed by atoms with Crippen molar-refractivity contribution in [2.24, 2.45) is 5.41 Å². The highest BCUT2D eigenvalue weighted by molar-refractivity contribution is 9.10. The number of hydrogen-bond donors (Lipinski definition) is 1. The maximum absolute atomic E-state index is 13.5. The van der Waals surface area contributed by atoms with E-state index in [1.165, 1.54) is 18.2 Å². The smallest absolute Gasteiger partial charge is 0.181 e. The second-order valence-electron chi connectivity index (χ2n) is 7.55. The molecule has 0 saturated carbocycles. The average molecular weight is 470 g/mol. The molecule has 1 aliphatic heterocycles. The zero-order valence-electron chi connectivity index (χ0n) is 16.1. The highest BCUT2D eigenvalue weighted by Gasteiger charge is 2.41. The summed E-state index contributed by atoms with van der Waals surface area (Å²) in [5, 5.41) is 10.1. The van der Waals surface area contributed by atoms with Gasteiger partial charge in [0, 0.05) is 23.7 Å². The number of fused-ring (bicyclic) bond motifs is 1. The van der Waals surface area contributed by atoms with Gasteiger partial charge in [-0.15, -0.1) is 0 Å². The fourth-order valence-corrected chi connectivity index (χ4v) is 6.40. The number of aromatic hydroxyl groups is 1. The summed E-state index contributed by atoms with van der Waals surface area (Å²) in [6.07, 6.45) is 3.42. The van der Waals surface area contributed by atoms with Gasteiger partial charge in [-0.1, -0.05) is 26.7 Å². The number of phenolic OH excluding ortho intramolecular Hbond substituents is 1. The molecule has 152 valence electrons. The normalized spacial score (nSPS) is 21.2. The number of anilines is 2. The van der Waals surface area contributed by atoms with Crippen LogP contribution < -0.4 is 4.90 Å². The number of sulfone groups is 1. The van der Waals surface area contributed by atoms with Gasteiger partial charge in [0.15, 0.2) is 9.84 Å². The van der Waals surface area contributed by atoms with E-state index < -0.39 is 15.3 Å². The molecular formula is C21H25BrFNO3S. The highest BCUT2D eigenvalue weighted by atomic mass is 79.9. The molecular weight excluding hydrogens is 445 g/mol. The molecule has 1 atom stereocenters. The van der Waals surface area contributed by atoms with Crippen LogP contribution in [0.3, 0.4) is 0 Å². The van der Waals surface area contributed by atoms with Crippen molar-refractivity contribution in [2.75, 3.05) is 17.2 Å². The first kappa shape index (κ1) is 21.1. The molecule has 1 aliphatic rings. The van der Waals surface area contributed by atoms with E-state index in [1.807, 2.05) is 11.8 Å². The molecule has 4 nitrogen and oxygen atoms in total. The predicted octanol–water partition coefficient (Wildman–Crippen LogP) is 5.81. The fourth-order valence-electron chi connectivity index (χ4n) is 3.88. The van der Waals surface area contributed by atoms with E-state index in [1.54, 1.807) is 18.2 Å². The number of rotatable bonds is 5. The predicted molar refractivity (Wildman–Crippen MR) is 114 cm³/mol. The third-order valence-corrected chi connectivity index (χ3v) is 8.22. The van der Waals surface area contributed by atoms with Crippen LogP contribution in [0.2, 0.25) is 0 Å². The minimum absolute atomic E-state index is 0.0300. The van der Waals surface area contributed by atoms with E-state index in [-0.39, 0.29) is 22.2 Å². The van der Waals surface area contributed by atoms with Gasteiger partial charge in [0.25, 0.3) is 0 Å². The number of hydrogen-bond acceptors (Lipinski definition) is 4. The summed E-state index contributed by atoms with van der Waals surface area (Å²) in [4.78, 5) is 2.06. The summed E-state index contributed by atoms with van der Waals surface area (Å²) >= 11 is 3.31. The molecule has 28 heavy (non-hydrogen) atoms. The zero-order chi connectivity index (χ0) is 20.5. The van der Waals surface area contributed by atoms with Crippen LogP contribution in [-0.4, -0.2) is 25.8 Å². The Kier molecular flexibility index (Phi) is 6.05. The molecule has 0 fully saturated rings. The SMILES string of the molecule is CCCCC1(CC)CN(c2ccc(F)cc2)c2cc(Br)c(O)cc2S(=O)(=O)C1. The first-order chi connectivity index (χ1) is 13.2. The second kappa shape index (κ2) is 8.03. The molecule has 3 rings (SSSR count). The molecule has 1 unspecified atom stereocenters. The Morgan fingerprint density at radius 2 is 1.89 bits per heavy atom. The molecule has 0 aliphatic carbocycles. The topological polar surface area (TPSA) is 57.6 Å².